The minimum absolute atomic E-state index is 0.150. The van der Waals surface area contributed by atoms with Gasteiger partial charge in [0.05, 0.1) is 17.1 Å². The molecule has 3 aromatic rings. The monoisotopic (exact) mass is 430 g/mol. The maximum Gasteiger partial charge on any atom is 0.435 e. The van der Waals surface area contributed by atoms with E-state index < -0.39 is 23.8 Å². The number of halogens is 6. The third-order valence-electron chi connectivity index (χ3n) is 4.12. The van der Waals surface area contributed by atoms with Crippen LogP contribution in [-0.2, 0) is 6.18 Å². The van der Waals surface area contributed by atoms with Gasteiger partial charge in [-0.05, 0) is 49.2 Å². The van der Waals surface area contributed by atoms with E-state index >= 15 is 0 Å². The summed E-state index contributed by atoms with van der Waals surface area (Å²) >= 11 is 0.602. The summed E-state index contributed by atoms with van der Waals surface area (Å²) in [4.78, 5) is 0.352. The predicted molar refractivity (Wildman–Crippen MR) is 100 cm³/mol. The molecule has 0 unspecified atom stereocenters. The van der Waals surface area contributed by atoms with Crippen molar-refractivity contribution in [2.24, 2.45) is 0 Å². The van der Waals surface area contributed by atoms with Gasteiger partial charge < -0.3 is 0 Å². The number of aromatic nitrogens is 2. The van der Waals surface area contributed by atoms with Crippen LogP contribution in [0.3, 0.4) is 0 Å². The van der Waals surface area contributed by atoms with Gasteiger partial charge in [-0.15, -0.1) is 11.8 Å². The minimum atomic E-state index is -4.65. The molecule has 0 radical (unpaired) electrons. The van der Waals surface area contributed by atoms with Crippen molar-refractivity contribution in [1.82, 2.24) is 9.78 Å². The molecule has 2 aromatic carbocycles. The maximum atomic E-state index is 13.3. The fraction of sp³-hybridized carbons (Fsp3) is 0.250. The Kier molecular flexibility index (Phi) is 5.71. The van der Waals surface area contributed by atoms with Gasteiger partial charge in [0, 0.05) is 10.5 Å². The zero-order valence-corrected chi connectivity index (χ0v) is 16.2. The first-order chi connectivity index (χ1) is 13.4. The van der Waals surface area contributed by atoms with E-state index in [1.807, 2.05) is 0 Å². The van der Waals surface area contributed by atoms with Gasteiger partial charge >= 0.3 is 12.4 Å². The molecular formula is C20H16F6N2S. The van der Waals surface area contributed by atoms with Gasteiger partial charge in [-0.3, -0.25) is 0 Å². The van der Waals surface area contributed by atoms with Crippen LogP contribution in [0.15, 0.2) is 53.4 Å². The lowest BCUT2D eigenvalue weighted by atomic mass is 10.1. The summed E-state index contributed by atoms with van der Waals surface area (Å²) in [5, 5.41) is 3.71. The maximum absolute atomic E-state index is 13.3. The zero-order valence-electron chi connectivity index (χ0n) is 15.4. The van der Waals surface area contributed by atoms with Crippen molar-refractivity contribution >= 4 is 11.8 Å². The topological polar surface area (TPSA) is 17.8 Å². The molecule has 3 rings (SSSR count). The van der Waals surface area contributed by atoms with E-state index in [2.05, 4.69) is 5.10 Å². The molecule has 2 nitrogen and oxygen atoms in total. The fourth-order valence-corrected chi connectivity index (χ4v) is 3.58. The summed E-state index contributed by atoms with van der Waals surface area (Å²) < 4.78 is 78.8. The molecule has 154 valence electrons. The van der Waals surface area contributed by atoms with E-state index in [4.69, 9.17) is 0 Å². The molecule has 0 aliphatic carbocycles. The van der Waals surface area contributed by atoms with Gasteiger partial charge in [0.1, 0.15) is 0 Å². The van der Waals surface area contributed by atoms with Crippen LogP contribution in [0.1, 0.15) is 16.8 Å². The number of hydrogen-bond acceptors (Lipinski definition) is 2. The van der Waals surface area contributed by atoms with Crippen LogP contribution >= 0.6 is 11.8 Å². The highest BCUT2D eigenvalue weighted by molar-refractivity contribution is 7.99. The number of rotatable bonds is 4. The standard InChI is InChI=1S/C20H16F6N2S/c1-12-4-3-5-15(8-12)28-16(10-18(27-28)20(24,25)26)14-7-6-13(2)17(9-14)29-11-19(21,22)23/h3-10H,11H2,1-2H3. The second kappa shape index (κ2) is 7.78. The minimum Gasteiger partial charge on any atom is -0.232 e. The Balaban J connectivity index is 2.11. The van der Waals surface area contributed by atoms with Crippen molar-refractivity contribution in [3.63, 3.8) is 0 Å². The highest BCUT2D eigenvalue weighted by Crippen LogP contribution is 2.36. The number of thioether (sulfide) groups is 1. The average molecular weight is 430 g/mol. The van der Waals surface area contributed by atoms with Crippen LogP contribution < -0.4 is 0 Å². The Hall–Kier alpha value is -2.42. The van der Waals surface area contributed by atoms with Gasteiger partial charge in [-0.2, -0.15) is 31.4 Å². The molecule has 0 aliphatic rings. The van der Waals surface area contributed by atoms with Crippen LogP contribution in [0.25, 0.3) is 16.9 Å². The highest BCUT2D eigenvalue weighted by atomic mass is 32.2. The Bertz CT molecular complexity index is 1020. The Morgan fingerprint density at radius 1 is 0.931 bits per heavy atom. The SMILES string of the molecule is Cc1cccc(-n2nc(C(F)(F)F)cc2-c2ccc(C)c(SCC(F)(F)F)c2)c1. The smallest absolute Gasteiger partial charge is 0.232 e. The lowest BCUT2D eigenvalue weighted by Gasteiger charge is -2.12. The van der Waals surface area contributed by atoms with Crippen LogP contribution in [-0.4, -0.2) is 21.7 Å². The van der Waals surface area contributed by atoms with E-state index in [9.17, 15) is 26.3 Å². The van der Waals surface area contributed by atoms with E-state index in [1.54, 1.807) is 50.2 Å². The summed E-state index contributed by atoms with van der Waals surface area (Å²) in [6.07, 6.45) is -9.00. The molecule has 29 heavy (non-hydrogen) atoms. The van der Waals surface area contributed by atoms with Gasteiger partial charge in [-0.25, -0.2) is 4.68 Å². The van der Waals surface area contributed by atoms with E-state index in [-0.39, 0.29) is 5.69 Å². The van der Waals surface area contributed by atoms with Gasteiger partial charge in [0.2, 0.25) is 0 Å². The molecule has 0 spiro atoms. The summed E-state index contributed by atoms with van der Waals surface area (Å²) in [7, 11) is 0. The molecule has 1 heterocycles. The second-order valence-corrected chi connectivity index (χ2v) is 7.56. The second-order valence-electron chi connectivity index (χ2n) is 6.55. The zero-order chi connectivity index (χ0) is 21.4. The van der Waals surface area contributed by atoms with Crippen LogP contribution in [0.4, 0.5) is 26.3 Å². The van der Waals surface area contributed by atoms with Crippen LogP contribution in [0.2, 0.25) is 0 Å². The molecule has 0 fully saturated rings. The molecular weight excluding hydrogens is 414 g/mol. The van der Waals surface area contributed by atoms with E-state index in [1.165, 1.54) is 10.7 Å². The van der Waals surface area contributed by atoms with Gasteiger partial charge in [0.25, 0.3) is 0 Å². The number of nitrogens with zero attached hydrogens (tertiary/aromatic N) is 2. The Morgan fingerprint density at radius 2 is 1.66 bits per heavy atom. The summed E-state index contributed by atoms with van der Waals surface area (Å²) in [5.74, 6) is -1.08. The largest absolute Gasteiger partial charge is 0.435 e. The predicted octanol–water partition coefficient (Wildman–Crippen LogP) is 6.83. The van der Waals surface area contributed by atoms with Crippen molar-refractivity contribution in [1.29, 1.82) is 0 Å². The Morgan fingerprint density at radius 3 is 2.28 bits per heavy atom. The summed E-state index contributed by atoms with van der Waals surface area (Å²) in [5.41, 5.74) is 1.31. The number of benzene rings is 2. The molecule has 0 saturated carbocycles. The molecule has 1 aromatic heterocycles. The number of alkyl halides is 6. The first-order valence-corrected chi connectivity index (χ1v) is 9.47. The van der Waals surface area contributed by atoms with Crippen LogP contribution in [0.5, 0.6) is 0 Å². The summed E-state index contributed by atoms with van der Waals surface area (Å²) in [6.45, 7) is 3.45. The first-order valence-electron chi connectivity index (χ1n) is 8.49. The van der Waals surface area contributed by atoms with Gasteiger partial charge in [-0.1, -0.05) is 24.3 Å². The van der Waals surface area contributed by atoms with Gasteiger partial charge in [0.15, 0.2) is 5.69 Å². The normalized spacial score (nSPS) is 12.4. The average Bonchev–Trinajstić information content (AvgIpc) is 3.06. The third kappa shape index (κ3) is 5.14. The lowest BCUT2D eigenvalue weighted by molar-refractivity contribution is -0.141. The Labute approximate surface area is 167 Å². The van der Waals surface area contributed by atoms with Crippen molar-refractivity contribution in [2.45, 2.75) is 31.1 Å². The van der Waals surface area contributed by atoms with Crippen molar-refractivity contribution in [2.75, 3.05) is 5.75 Å². The van der Waals surface area contributed by atoms with E-state index in [0.29, 0.717) is 33.5 Å². The number of hydrogen-bond donors (Lipinski definition) is 0. The van der Waals surface area contributed by atoms with Crippen molar-refractivity contribution in [3.8, 4) is 16.9 Å². The third-order valence-corrected chi connectivity index (χ3v) is 5.34. The molecule has 0 bridgehead atoms. The molecule has 0 saturated heterocycles. The lowest BCUT2D eigenvalue weighted by Crippen LogP contribution is -2.10. The molecule has 0 amide bonds. The molecule has 0 atom stereocenters. The fourth-order valence-electron chi connectivity index (χ4n) is 2.76. The highest BCUT2D eigenvalue weighted by Gasteiger charge is 2.35. The van der Waals surface area contributed by atoms with Crippen molar-refractivity contribution < 1.29 is 26.3 Å². The molecule has 0 N–H and O–H groups in total. The van der Waals surface area contributed by atoms with Crippen LogP contribution in [0, 0.1) is 13.8 Å². The quantitative estimate of drug-likeness (QED) is 0.334. The first kappa shape index (κ1) is 21.3. The van der Waals surface area contributed by atoms with E-state index in [0.717, 1.165) is 11.6 Å². The summed E-state index contributed by atoms with van der Waals surface area (Å²) in [6, 6.07) is 12.4. The number of aryl methyl sites for hydroxylation is 2. The molecule has 9 heteroatoms. The molecule has 0 aliphatic heterocycles. The van der Waals surface area contributed by atoms with Crippen molar-refractivity contribution in [3.05, 3.63) is 65.4 Å².